The highest BCUT2D eigenvalue weighted by Crippen LogP contribution is 2.20. The van der Waals surface area contributed by atoms with Crippen molar-refractivity contribution in [3.8, 4) is 11.3 Å². The Morgan fingerprint density at radius 1 is 1.36 bits per heavy atom. The van der Waals surface area contributed by atoms with E-state index in [9.17, 15) is 0 Å². The fraction of sp³-hybridized carbons (Fsp3) is 0.200. The summed E-state index contributed by atoms with van der Waals surface area (Å²) < 4.78 is 0. The number of hydrogen-bond donors (Lipinski definition) is 1. The number of nitrogen functional groups attached to an aromatic ring is 1. The Hall–Kier alpha value is -1.84. The van der Waals surface area contributed by atoms with Crippen molar-refractivity contribution in [2.24, 2.45) is 7.05 Å². The molecule has 14 heavy (non-hydrogen) atoms. The van der Waals surface area contributed by atoms with Gasteiger partial charge in [-0.2, -0.15) is 15.0 Å². The number of benzene rings is 1. The number of nitrogens with two attached hydrogens (primary N) is 1. The number of aryl methyl sites for hydroxylation is 2. The molecule has 0 unspecified atom stereocenters. The maximum Gasteiger partial charge on any atom is 0.113 e. The zero-order valence-corrected chi connectivity index (χ0v) is 8.23. The lowest BCUT2D eigenvalue weighted by Gasteiger charge is -2.01. The molecule has 4 heteroatoms. The summed E-state index contributed by atoms with van der Waals surface area (Å²) in [6.45, 7) is 1.98. The average Bonchev–Trinajstić information content (AvgIpc) is 2.57. The number of hydrogen-bond acceptors (Lipinski definition) is 3. The van der Waals surface area contributed by atoms with Crippen molar-refractivity contribution in [1.29, 1.82) is 0 Å². The lowest BCUT2D eigenvalue weighted by Crippen LogP contribution is -1.92. The third kappa shape index (κ3) is 1.46. The van der Waals surface area contributed by atoms with Crippen LogP contribution in [0.1, 0.15) is 5.56 Å². The second-order valence-corrected chi connectivity index (χ2v) is 3.29. The molecule has 0 aliphatic carbocycles. The van der Waals surface area contributed by atoms with E-state index in [0.29, 0.717) is 0 Å². The van der Waals surface area contributed by atoms with Gasteiger partial charge in [-0.3, -0.25) is 0 Å². The molecule has 0 saturated carbocycles. The van der Waals surface area contributed by atoms with E-state index in [-0.39, 0.29) is 0 Å². The first-order chi connectivity index (χ1) is 6.66. The molecule has 2 rings (SSSR count). The number of anilines is 1. The summed E-state index contributed by atoms with van der Waals surface area (Å²) in [6, 6.07) is 5.85. The van der Waals surface area contributed by atoms with Gasteiger partial charge < -0.3 is 5.73 Å². The van der Waals surface area contributed by atoms with Crippen LogP contribution in [0.4, 0.5) is 5.69 Å². The summed E-state index contributed by atoms with van der Waals surface area (Å²) in [5.74, 6) is 0. The molecule has 2 aromatic rings. The maximum absolute atomic E-state index is 5.73. The summed E-state index contributed by atoms with van der Waals surface area (Å²) in [4.78, 5) is 1.54. The first kappa shape index (κ1) is 8.74. The van der Waals surface area contributed by atoms with Gasteiger partial charge in [0.05, 0.1) is 6.20 Å². The van der Waals surface area contributed by atoms with E-state index < -0.39 is 0 Å². The van der Waals surface area contributed by atoms with Crippen molar-refractivity contribution in [1.82, 2.24) is 15.0 Å². The molecule has 1 aromatic carbocycles. The number of nitrogens with zero attached hydrogens (tertiary/aromatic N) is 3. The molecule has 0 bridgehead atoms. The minimum absolute atomic E-state index is 0.803. The molecule has 1 aromatic heterocycles. The topological polar surface area (TPSA) is 56.7 Å². The van der Waals surface area contributed by atoms with Gasteiger partial charge in [-0.25, -0.2) is 0 Å². The van der Waals surface area contributed by atoms with Crippen molar-refractivity contribution < 1.29 is 0 Å². The van der Waals surface area contributed by atoms with Crippen molar-refractivity contribution in [2.45, 2.75) is 6.92 Å². The number of rotatable bonds is 1. The molecular formula is C10H12N4. The normalized spacial score (nSPS) is 10.4. The largest absolute Gasteiger partial charge is 0.399 e. The monoisotopic (exact) mass is 188 g/mol. The first-order valence-corrected chi connectivity index (χ1v) is 4.39. The third-order valence-electron chi connectivity index (χ3n) is 2.17. The average molecular weight is 188 g/mol. The van der Waals surface area contributed by atoms with E-state index in [0.717, 1.165) is 22.5 Å². The molecule has 0 fully saturated rings. The molecule has 0 saturated heterocycles. The molecule has 0 atom stereocenters. The molecule has 0 amide bonds. The zero-order chi connectivity index (χ0) is 10.1. The van der Waals surface area contributed by atoms with E-state index in [1.165, 1.54) is 0 Å². The highest BCUT2D eigenvalue weighted by molar-refractivity contribution is 5.63. The van der Waals surface area contributed by atoms with Crippen LogP contribution in [0, 0.1) is 6.92 Å². The van der Waals surface area contributed by atoms with Gasteiger partial charge in [-0.05, 0) is 24.6 Å². The van der Waals surface area contributed by atoms with Crippen molar-refractivity contribution in [3.05, 3.63) is 30.0 Å². The van der Waals surface area contributed by atoms with Gasteiger partial charge in [0.25, 0.3) is 0 Å². The number of aromatic nitrogens is 3. The van der Waals surface area contributed by atoms with E-state index in [4.69, 9.17) is 5.73 Å². The Bertz CT molecular complexity index is 459. The van der Waals surface area contributed by atoms with Crippen LogP contribution in [-0.2, 0) is 7.05 Å². The highest BCUT2D eigenvalue weighted by Gasteiger charge is 2.03. The maximum atomic E-state index is 5.73. The fourth-order valence-corrected chi connectivity index (χ4v) is 1.31. The Morgan fingerprint density at radius 2 is 2.14 bits per heavy atom. The lowest BCUT2D eigenvalue weighted by molar-refractivity contribution is 0.655. The molecule has 0 spiro atoms. The smallest absolute Gasteiger partial charge is 0.113 e. The van der Waals surface area contributed by atoms with Crippen LogP contribution in [0.5, 0.6) is 0 Å². The predicted octanol–water partition coefficient (Wildman–Crippen LogP) is 1.37. The van der Waals surface area contributed by atoms with E-state index in [2.05, 4.69) is 10.2 Å². The van der Waals surface area contributed by atoms with Crippen LogP contribution in [0.3, 0.4) is 0 Å². The van der Waals surface area contributed by atoms with Crippen LogP contribution >= 0.6 is 0 Å². The molecule has 0 aliphatic heterocycles. The van der Waals surface area contributed by atoms with Gasteiger partial charge in [0, 0.05) is 18.3 Å². The van der Waals surface area contributed by atoms with Crippen molar-refractivity contribution >= 4 is 5.69 Å². The fourth-order valence-electron chi connectivity index (χ4n) is 1.31. The summed E-state index contributed by atoms with van der Waals surface area (Å²) in [6.07, 6.45) is 1.74. The van der Waals surface area contributed by atoms with Crippen LogP contribution in [0.25, 0.3) is 11.3 Å². The minimum atomic E-state index is 0.803. The molecule has 1 heterocycles. The van der Waals surface area contributed by atoms with E-state index in [1.807, 2.05) is 25.1 Å². The zero-order valence-electron chi connectivity index (χ0n) is 8.23. The Balaban J connectivity index is 2.47. The quantitative estimate of drug-likeness (QED) is 0.688. The Kier molecular flexibility index (Phi) is 1.96. The lowest BCUT2D eigenvalue weighted by atomic mass is 10.1. The van der Waals surface area contributed by atoms with Gasteiger partial charge in [0.15, 0.2) is 0 Å². The third-order valence-corrected chi connectivity index (χ3v) is 2.17. The van der Waals surface area contributed by atoms with Crippen LogP contribution < -0.4 is 5.73 Å². The predicted molar refractivity (Wildman–Crippen MR) is 55.6 cm³/mol. The van der Waals surface area contributed by atoms with Gasteiger partial charge in [-0.1, -0.05) is 6.07 Å². The second-order valence-electron chi connectivity index (χ2n) is 3.29. The van der Waals surface area contributed by atoms with E-state index in [1.54, 1.807) is 18.0 Å². The summed E-state index contributed by atoms with van der Waals surface area (Å²) in [5.41, 5.74) is 9.51. The molecule has 2 N–H and O–H groups in total. The first-order valence-electron chi connectivity index (χ1n) is 4.39. The van der Waals surface area contributed by atoms with Crippen LogP contribution in [0.2, 0.25) is 0 Å². The molecule has 0 aliphatic rings. The highest BCUT2D eigenvalue weighted by atomic mass is 15.4. The standard InChI is InChI=1S/C10H12N4/c1-7-5-8(3-4-9(7)11)10-6-12-14(2)13-10/h3-6H,11H2,1-2H3. The summed E-state index contributed by atoms with van der Waals surface area (Å²) >= 11 is 0. The molecular weight excluding hydrogens is 176 g/mol. The van der Waals surface area contributed by atoms with Gasteiger partial charge in [0.1, 0.15) is 5.69 Å². The van der Waals surface area contributed by atoms with Crippen LogP contribution in [0.15, 0.2) is 24.4 Å². The van der Waals surface area contributed by atoms with Gasteiger partial charge in [-0.15, -0.1) is 0 Å². The second kappa shape index (κ2) is 3.14. The molecule has 0 radical (unpaired) electrons. The van der Waals surface area contributed by atoms with Crippen molar-refractivity contribution in [2.75, 3.05) is 5.73 Å². The summed E-state index contributed by atoms with van der Waals surface area (Å²) in [7, 11) is 1.80. The Morgan fingerprint density at radius 3 is 2.71 bits per heavy atom. The van der Waals surface area contributed by atoms with E-state index >= 15 is 0 Å². The van der Waals surface area contributed by atoms with Crippen molar-refractivity contribution in [3.63, 3.8) is 0 Å². The minimum Gasteiger partial charge on any atom is -0.399 e. The molecule has 4 nitrogen and oxygen atoms in total. The van der Waals surface area contributed by atoms with Gasteiger partial charge >= 0.3 is 0 Å². The Labute approximate surface area is 82.4 Å². The SMILES string of the molecule is Cc1cc(-c2cnn(C)n2)ccc1N. The van der Waals surface area contributed by atoms with Gasteiger partial charge in [0.2, 0.25) is 0 Å². The summed E-state index contributed by atoms with van der Waals surface area (Å²) in [5, 5.41) is 8.24. The van der Waals surface area contributed by atoms with Crippen LogP contribution in [-0.4, -0.2) is 15.0 Å². The molecule has 72 valence electrons.